The van der Waals surface area contributed by atoms with Crippen molar-refractivity contribution in [2.24, 2.45) is 0 Å². The van der Waals surface area contributed by atoms with Crippen LogP contribution in [-0.2, 0) is 22.6 Å². The minimum atomic E-state index is -0.511. The topological polar surface area (TPSA) is 81.3 Å². The summed E-state index contributed by atoms with van der Waals surface area (Å²) in [6, 6.07) is 7.52. The quantitative estimate of drug-likeness (QED) is 0.837. The lowest BCUT2D eigenvalue weighted by molar-refractivity contribution is -0.153. The molecule has 2 amide bonds. The van der Waals surface area contributed by atoms with Crippen LogP contribution in [0.2, 0.25) is 0 Å². The summed E-state index contributed by atoms with van der Waals surface area (Å²) in [6.07, 6.45) is 3.71. The van der Waals surface area contributed by atoms with Gasteiger partial charge in [-0.05, 0) is 12.5 Å². The Labute approximate surface area is 152 Å². The average Bonchev–Trinajstić information content (AvgIpc) is 3.14. The molecule has 0 saturated carbocycles. The third kappa shape index (κ3) is 3.35. The van der Waals surface area contributed by atoms with E-state index in [1.807, 2.05) is 0 Å². The predicted octanol–water partition coefficient (Wildman–Crippen LogP) is 0.472. The Morgan fingerprint density at radius 3 is 2.73 bits per heavy atom. The van der Waals surface area contributed by atoms with Crippen molar-refractivity contribution in [1.82, 2.24) is 25.1 Å². The smallest absolute Gasteiger partial charge is 0.246 e. The predicted molar refractivity (Wildman–Crippen MR) is 96.2 cm³/mol. The maximum atomic E-state index is 12.8. The molecule has 0 radical (unpaired) electrons. The molecule has 0 spiro atoms. The Morgan fingerprint density at radius 1 is 1.19 bits per heavy atom. The van der Waals surface area contributed by atoms with Crippen molar-refractivity contribution < 1.29 is 9.59 Å². The lowest BCUT2D eigenvalue weighted by Crippen LogP contribution is -2.69. The van der Waals surface area contributed by atoms with E-state index < -0.39 is 12.1 Å². The first-order chi connectivity index (χ1) is 12.6. The minimum Gasteiger partial charge on any atom is -0.348 e. The SMILES string of the molecule is Cc1ccc(CN2CCN3C(=O)[C@H](Cc4cnc[nH]4)NC(=O)[C@H]3C2)cc1. The van der Waals surface area contributed by atoms with E-state index in [1.165, 1.54) is 11.1 Å². The Kier molecular flexibility index (Phi) is 4.46. The normalized spacial score (nSPS) is 23.7. The third-order valence-electron chi connectivity index (χ3n) is 5.17. The van der Waals surface area contributed by atoms with Crippen LogP contribution in [0.5, 0.6) is 0 Å². The Balaban J connectivity index is 1.41. The number of amides is 2. The molecule has 2 fully saturated rings. The fraction of sp³-hybridized carbons (Fsp3) is 0.421. The van der Waals surface area contributed by atoms with Gasteiger partial charge in [-0.15, -0.1) is 0 Å². The Hall–Kier alpha value is -2.67. The minimum absolute atomic E-state index is 0.000754. The molecule has 2 aromatic rings. The number of piperazine rings is 2. The van der Waals surface area contributed by atoms with Gasteiger partial charge in [0, 0.05) is 44.5 Å². The van der Waals surface area contributed by atoms with E-state index in [2.05, 4.69) is 51.4 Å². The molecule has 26 heavy (non-hydrogen) atoms. The number of aryl methyl sites for hydroxylation is 1. The monoisotopic (exact) mass is 353 g/mol. The summed E-state index contributed by atoms with van der Waals surface area (Å²) >= 11 is 0. The number of rotatable bonds is 4. The summed E-state index contributed by atoms with van der Waals surface area (Å²) in [6.45, 7) is 4.80. The highest BCUT2D eigenvalue weighted by molar-refractivity contribution is 5.97. The van der Waals surface area contributed by atoms with Gasteiger partial charge in [-0.2, -0.15) is 0 Å². The number of imidazole rings is 1. The molecular formula is C19H23N5O2. The molecule has 0 bridgehead atoms. The van der Waals surface area contributed by atoms with E-state index in [1.54, 1.807) is 17.4 Å². The zero-order chi connectivity index (χ0) is 18.1. The first-order valence-electron chi connectivity index (χ1n) is 8.96. The van der Waals surface area contributed by atoms with E-state index in [-0.39, 0.29) is 11.8 Å². The lowest BCUT2D eigenvalue weighted by Gasteiger charge is -2.45. The standard InChI is InChI=1S/C19H23N5O2/c1-13-2-4-14(5-3-13)10-23-6-7-24-17(11-23)18(25)22-16(19(24)26)8-15-9-20-12-21-15/h2-5,9,12,16-17H,6-8,10-11H2,1H3,(H,20,21)(H,22,25)/t16-,17+/m0/s1. The van der Waals surface area contributed by atoms with Crippen molar-refractivity contribution in [2.75, 3.05) is 19.6 Å². The van der Waals surface area contributed by atoms with Crippen LogP contribution in [0, 0.1) is 6.92 Å². The molecule has 2 N–H and O–H groups in total. The first kappa shape index (κ1) is 16.8. The van der Waals surface area contributed by atoms with Gasteiger partial charge in [0.15, 0.2) is 0 Å². The van der Waals surface area contributed by atoms with Gasteiger partial charge in [-0.3, -0.25) is 14.5 Å². The molecule has 3 heterocycles. The van der Waals surface area contributed by atoms with Gasteiger partial charge in [-0.25, -0.2) is 4.98 Å². The van der Waals surface area contributed by atoms with Crippen LogP contribution in [0.4, 0.5) is 0 Å². The van der Waals surface area contributed by atoms with Crippen LogP contribution in [0.25, 0.3) is 0 Å². The summed E-state index contributed by atoms with van der Waals surface area (Å²) in [7, 11) is 0. The molecule has 0 unspecified atom stereocenters. The second-order valence-electron chi connectivity index (χ2n) is 7.11. The van der Waals surface area contributed by atoms with Crippen LogP contribution in [-0.4, -0.2) is 63.3 Å². The number of aromatic nitrogens is 2. The number of hydrogen-bond donors (Lipinski definition) is 2. The summed E-state index contributed by atoms with van der Waals surface area (Å²) in [5.41, 5.74) is 3.31. The van der Waals surface area contributed by atoms with E-state index in [0.717, 1.165) is 18.8 Å². The molecule has 1 aromatic carbocycles. The summed E-state index contributed by atoms with van der Waals surface area (Å²) < 4.78 is 0. The number of hydrogen-bond acceptors (Lipinski definition) is 4. The highest BCUT2D eigenvalue weighted by Crippen LogP contribution is 2.19. The van der Waals surface area contributed by atoms with E-state index in [9.17, 15) is 9.59 Å². The Bertz CT molecular complexity index is 787. The van der Waals surface area contributed by atoms with Crippen molar-refractivity contribution in [2.45, 2.75) is 32.0 Å². The van der Waals surface area contributed by atoms with Crippen molar-refractivity contribution in [1.29, 1.82) is 0 Å². The van der Waals surface area contributed by atoms with Crippen LogP contribution < -0.4 is 5.32 Å². The molecule has 2 atom stereocenters. The number of nitrogens with zero attached hydrogens (tertiary/aromatic N) is 3. The van der Waals surface area contributed by atoms with E-state index >= 15 is 0 Å². The highest BCUT2D eigenvalue weighted by Gasteiger charge is 2.43. The van der Waals surface area contributed by atoms with Gasteiger partial charge in [0.25, 0.3) is 0 Å². The second-order valence-corrected chi connectivity index (χ2v) is 7.11. The molecule has 2 aliphatic heterocycles. The lowest BCUT2D eigenvalue weighted by atomic mass is 10.0. The number of nitrogens with one attached hydrogen (secondary N) is 2. The third-order valence-corrected chi connectivity index (χ3v) is 5.17. The summed E-state index contributed by atoms with van der Waals surface area (Å²) in [5, 5.41) is 2.89. The fourth-order valence-electron chi connectivity index (χ4n) is 3.71. The van der Waals surface area contributed by atoms with Gasteiger partial charge in [0.2, 0.25) is 11.8 Å². The van der Waals surface area contributed by atoms with Crippen LogP contribution in [0.1, 0.15) is 16.8 Å². The van der Waals surface area contributed by atoms with Crippen LogP contribution in [0.15, 0.2) is 36.8 Å². The average molecular weight is 353 g/mol. The Morgan fingerprint density at radius 2 is 2.00 bits per heavy atom. The number of carbonyl (C=O) groups excluding carboxylic acids is 2. The number of carbonyl (C=O) groups is 2. The molecule has 1 aromatic heterocycles. The number of H-pyrrole nitrogens is 1. The molecule has 7 heteroatoms. The molecular weight excluding hydrogens is 330 g/mol. The van der Waals surface area contributed by atoms with Gasteiger partial charge in [-0.1, -0.05) is 29.8 Å². The van der Waals surface area contributed by atoms with Gasteiger partial charge in [0.05, 0.1) is 6.33 Å². The van der Waals surface area contributed by atoms with Gasteiger partial charge >= 0.3 is 0 Å². The number of aromatic amines is 1. The van der Waals surface area contributed by atoms with Gasteiger partial charge in [0.1, 0.15) is 12.1 Å². The van der Waals surface area contributed by atoms with E-state index in [4.69, 9.17) is 0 Å². The van der Waals surface area contributed by atoms with Crippen molar-refractivity contribution >= 4 is 11.8 Å². The number of benzene rings is 1. The van der Waals surface area contributed by atoms with Crippen molar-refractivity contribution in [3.05, 3.63) is 53.6 Å². The maximum Gasteiger partial charge on any atom is 0.246 e. The zero-order valence-corrected chi connectivity index (χ0v) is 14.8. The summed E-state index contributed by atoms with van der Waals surface area (Å²) in [4.78, 5) is 36.3. The number of fused-ring (bicyclic) bond motifs is 1. The molecule has 2 saturated heterocycles. The molecule has 2 aliphatic rings. The molecule has 7 nitrogen and oxygen atoms in total. The van der Waals surface area contributed by atoms with E-state index in [0.29, 0.717) is 19.5 Å². The first-order valence-corrected chi connectivity index (χ1v) is 8.96. The maximum absolute atomic E-state index is 12.8. The molecule has 0 aliphatic carbocycles. The molecule has 4 rings (SSSR count). The fourth-order valence-corrected chi connectivity index (χ4v) is 3.71. The van der Waals surface area contributed by atoms with Gasteiger partial charge < -0.3 is 15.2 Å². The highest BCUT2D eigenvalue weighted by atomic mass is 16.2. The van der Waals surface area contributed by atoms with Crippen molar-refractivity contribution in [3.8, 4) is 0 Å². The zero-order valence-electron chi connectivity index (χ0n) is 14.8. The molecule has 136 valence electrons. The van der Waals surface area contributed by atoms with Crippen LogP contribution in [0.3, 0.4) is 0 Å². The van der Waals surface area contributed by atoms with Crippen LogP contribution >= 0.6 is 0 Å². The van der Waals surface area contributed by atoms with Crippen molar-refractivity contribution in [3.63, 3.8) is 0 Å². The largest absolute Gasteiger partial charge is 0.348 e. The second kappa shape index (κ2) is 6.92. The summed E-state index contributed by atoms with van der Waals surface area (Å²) in [5.74, 6) is -0.0677.